The smallest absolute Gasteiger partial charge is 0.371 e. The van der Waals surface area contributed by atoms with Gasteiger partial charge in [-0.15, -0.1) is 0 Å². The molecule has 0 radical (unpaired) electrons. The number of ether oxygens (including phenoxy) is 3. The lowest BCUT2D eigenvalue weighted by Crippen LogP contribution is -2.42. The normalized spacial score (nSPS) is 12.3. The molecular weight excluding hydrogens is 268 g/mol. The van der Waals surface area contributed by atoms with Crippen molar-refractivity contribution >= 4 is 5.97 Å². The summed E-state index contributed by atoms with van der Waals surface area (Å²) in [5.41, 5.74) is 1.87. The highest BCUT2D eigenvalue weighted by molar-refractivity contribution is 5.79. The van der Waals surface area contributed by atoms with E-state index >= 15 is 0 Å². The lowest BCUT2D eigenvalue weighted by molar-refractivity contribution is -0.250. The van der Waals surface area contributed by atoms with E-state index in [4.69, 9.17) is 14.2 Å². The number of hydrogen-bond donors (Lipinski definition) is 0. The van der Waals surface area contributed by atoms with E-state index in [1.807, 2.05) is 38.1 Å². The minimum Gasteiger partial charge on any atom is -0.465 e. The molecule has 1 aromatic carbocycles. The van der Waals surface area contributed by atoms with Crippen molar-refractivity contribution < 1.29 is 19.0 Å². The highest BCUT2D eigenvalue weighted by Crippen LogP contribution is 2.31. The maximum atomic E-state index is 12.2. The van der Waals surface area contributed by atoms with Crippen LogP contribution in [0.1, 0.15) is 45.7 Å². The molecule has 0 bridgehead atoms. The highest BCUT2D eigenvalue weighted by atomic mass is 16.7. The summed E-state index contributed by atoms with van der Waals surface area (Å²) < 4.78 is 16.2. The van der Waals surface area contributed by atoms with Crippen LogP contribution in [0.4, 0.5) is 0 Å². The molecule has 0 amide bonds. The monoisotopic (exact) mass is 294 g/mol. The maximum absolute atomic E-state index is 12.2. The average molecular weight is 294 g/mol. The SMILES string of the molecule is CCOC(OCC)(C(=O)OC)c1ccc(C(C)(C)C)cc1. The molecular formula is C17H26O4. The van der Waals surface area contributed by atoms with Crippen molar-refractivity contribution in [2.24, 2.45) is 0 Å². The van der Waals surface area contributed by atoms with Gasteiger partial charge in [0.25, 0.3) is 5.79 Å². The van der Waals surface area contributed by atoms with Gasteiger partial charge in [-0.2, -0.15) is 0 Å². The Balaban J connectivity index is 3.28. The van der Waals surface area contributed by atoms with E-state index in [1.54, 1.807) is 0 Å². The third-order valence-electron chi connectivity index (χ3n) is 3.28. The van der Waals surface area contributed by atoms with Gasteiger partial charge in [-0.1, -0.05) is 45.0 Å². The summed E-state index contributed by atoms with van der Waals surface area (Å²) >= 11 is 0. The number of esters is 1. The van der Waals surface area contributed by atoms with Crippen molar-refractivity contribution in [3.8, 4) is 0 Å². The molecule has 0 aliphatic carbocycles. The zero-order valence-electron chi connectivity index (χ0n) is 13.9. The molecule has 0 spiro atoms. The second kappa shape index (κ2) is 7.05. The van der Waals surface area contributed by atoms with Crippen LogP contribution in [0.2, 0.25) is 0 Å². The number of carbonyl (C=O) groups is 1. The zero-order chi connectivity index (χ0) is 16.1. The number of benzene rings is 1. The summed E-state index contributed by atoms with van der Waals surface area (Å²) in [4.78, 5) is 12.2. The van der Waals surface area contributed by atoms with E-state index in [0.717, 1.165) is 0 Å². The summed E-state index contributed by atoms with van der Waals surface area (Å²) in [6.07, 6.45) is 0. The molecule has 118 valence electrons. The van der Waals surface area contributed by atoms with Gasteiger partial charge in [0.15, 0.2) is 0 Å². The Kier molecular flexibility index (Phi) is 5.93. The van der Waals surface area contributed by atoms with Crippen molar-refractivity contribution in [1.82, 2.24) is 0 Å². The van der Waals surface area contributed by atoms with Crippen LogP contribution in [0.25, 0.3) is 0 Å². The molecule has 0 unspecified atom stereocenters. The molecule has 0 saturated heterocycles. The second-order valence-electron chi connectivity index (χ2n) is 5.80. The van der Waals surface area contributed by atoms with Gasteiger partial charge in [0.05, 0.1) is 7.11 Å². The first-order chi connectivity index (χ1) is 9.81. The molecule has 0 aliphatic rings. The largest absolute Gasteiger partial charge is 0.465 e. The van der Waals surface area contributed by atoms with Gasteiger partial charge in [0.2, 0.25) is 0 Å². The van der Waals surface area contributed by atoms with Crippen molar-refractivity contribution in [3.05, 3.63) is 35.4 Å². The van der Waals surface area contributed by atoms with Crippen molar-refractivity contribution in [3.63, 3.8) is 0 Å². The molecule has 0 aromatic heterocycles. The Labute approximate surface area is 127 Å². The fraction of sp³-hybridized carbons (Fsp3) is 0.588. The van der Waals surface area contributed by atoms with Crippen LogP contribution in [0.15, 0.2) is 24.3 Å². The van der Waals surface area contributed by atoms with Crippen LogP contribution in [0.5, 0.6) is 0 Å². The number of methoxy groups -OCH3 is 1. The van der Waals surface area contributed by atoms with Crippen LogP contribution in [-0.2, 0) is 30.2 Å². The fourth-order valence-corrected chi connectivity index (χ4v) is 2.17. The predicted octanol–water partition coefficient (Wildman–Crippen LogP) is 3.38. The van der Waals surface area contributed by atoms with Crippen LogP contribution < -0.4 is 0 Å². The van der Waals surface area contributed by atoms with Crippen LogP contribution >= 0.6 is 0 Å². The third-order valence-corrected chi connectivity index (χ3v) is 3.28. The summed E-state index contributed by atoms with van der Waals surface area (Å²) in [6, 6.07) is 7.71. The van der Waals surface area contributed by atoms with Crippen LogP contribution in [0.3, 0.4) is 0 Å². The van der Waals surface area contributed by atoms with E-state index in [-0.39, 0.29) is 5.41 Å². The first-order valence-corrected chi connectivity index (χ1v) is 7.29. The second-order valence-corrected chi connectivity index (χ2v) is 5.80. The lowest BCUT2D eigenvalue weighted by atomic mass is 9.86. The van der Waals surface area contributed by atoms with Gasteiger partial charge >= 0.3 is 5.97 Å². The summed E-state index contributed by atoms with van der Waals surface area (Å²) in [6.45, 7) is 10.7. The standard InChI is InChI=1S/C17H26O4/c1-7-20-17(21-8-2,15(18)19-6)14-11-9-13(10-12-14)16(3,4)5/h9-12H,7-8H2,1-6H3. The average Bonchev–Trinajstić information content (AvgIpc) is 2.45. The molecule has 4 heteroatoms. The van der Waals surface area contributed by atoms with Crippen LogP contribution in [-0.4, -0.2) is 26.3 Å². The molecule has 1 rings (SSSR count). The predicted molar refractivity (Wildman–Crippen MR) is 82.1 cm³/mol. The zero-order valence-corrected chi connectivity index (χ0v) is 13.9. The van der Waals surface area contributed by atoms with Crippen LogP contribution in [0, 0.1) is 0 Å². The molecule has 0 heterocycles. The molecule has 0 N–H and O–H groups in total. The minimum atomic E-state index is -1.49. The number of carbonyl (C=O) groups excluding carboxylic acids is 1. The van der Waals surface area contributed by atoms with E-state index in [2.05, 4.69) is 20.8 Å². The Morgan fingerprint density at radius 3 is 1.71 bits per heavy atom. The van der Waals surface area contributed by atoms with E-state index in [9.17, 15) is 4.79 Å². The first kappa shape index (κ1) is 17.7. The topological polar surface area (TPSA) is 44.8 Å². The van der Waals surface area contributed by atoms with E-state index in [1.165, 1.54) is 12.7 Å². The van der Waals surface area contributed by atoms with Crippen molar-refractivity contribution in [1.29, 1.82) is 0 Å². The molecule has 0 saturated carbocycles. The summed E-state index contributed by atoms with van der Waals surface area (Å²) in [5, 5.41) is 0. The minimum absolute atomic E-state index is 0.0453. The first-order valence-electron chi connectivity index (χ1n) is 7.29. The highest BCUT2D eigenvalue weighted by Gasteiger charge is 2.44. The van der Waals surface area contributed by atoms with Gasteiger partial charge in [-0.05, 0) is 24.8 Å². The van der Waals surface area contributed by atoms with Gasteiger partial charge in [0.1, 0.15) is 0 Å². The summed E-state index contributed by atoms with van der Waals surface area (Å²) in [7, 11) is 1.33. The number of rotatable bonds is 6. The molecule has 0 atom stereocenters. The van der Waals surface area contributed by atoms with Gasteiger partial charge in [-0.3, -0.25) is 0 Å². The lowest BCUT2D eigenvalue weighted by Gasteiger charge is -2.31. The van der Waals surface area contributed by atoms with Gasteiger partial charge in [-0.25, -0.2) is 4.79 Å². The molecule has 4 nitrogen and oxygen atoms in total. The van der Waals surface area contributed by atoms with Crippen molar-refractivity contribution in [2.45, 2.75) is 45.8 Å². The molecule has 21 heavy (non-hydrogen) atoms. The third kappa shape index (κ3) is 3.83. The molecule has 0 fully saturated rings. The Hall–Kier alpha value is -1.39. The summed E-state index contributed by atoms with van der Waals surface area (Å²) in [5.74, 6) is -2.04. The van der Waals surface area contributed by atoms with E-state index < -0.39 is 11.8 Å². The molecule has 1 aromatic rings. The van der Waals surface area contributed by atoms with E-state index in [0.29, 0.717) is 18.8 Å². The maximum Gasteiger partial charge on any atom is 0.371 e. The Morgan fingerprint density at radius 1 is 0.952 bits per heavy atom. The number of hydrogen-bond acceptors (Lipinski definition) is 4. The quantitative estimate of drug-likeness (QED) is 0.596. The Bertz CT molecular complexity index is 451. The Morgan fingerprint density at radius 2 is 1.38 bits per heavy atom. The van der Waals surface area contributed by atoms with Gasteiger partial charge < -0.3 is 14.2 Å². The van der Waals surface area contributed by atoms with Crippen molar-refractivity contribution in [2.75, 3.05) is 20.3 Å². The molecule has 0 aliphatic heterocycles. The fourth-order valence-electron chi connectivity index (χ4n) is 2.17. The van der Waals surface area contributed by atoms with Gasteiger partial charge in [0, 0.05) is 18.8 Å².